The van der Waals surface area contributed by atoms with E-state index in [2.05, 4.69) is 64.7 Å². The summed E-state index contributed by atoms with van der Waals surface area (Å²) >= 11 is 8.94. The minimum Gasteiger partial charge on any atom is -0.356 e. The van der Waals surface area contributed by atoms with Gasteiger partial charge < -0.3 is 10.6 Å². The molecule has 0 saturated heterocycles. The number of rotatable bonds is 5. The summed E-state index contributed by atoms with van der Waals surface area (Å²) < 4.78 is 1.03. The molecule has 0 bridgehead atoms. The van der Waals surface area contributed by atoms with Crippen LogP contribution in [0.2, 0.25) is 0 Å². The molecule has 0 saturated carbocycles. The van der Waals surface area contributed by atoms with Crippen LogP contribution in [0, 0.1) is 5.92 Å². The number of anilines is 1. The summed E-state index contributed by atoms with van der Waals surface area (Å²) in [7, 11) is 0. The summed E-state index contributed by atoms with van der Waals surface area (Å²) in [6.45, 7) is 4.45. The number of nitrogens with one attached hydrogen (secondary N) is 2. The zero-order valence-electron chi connectivity index (χ0n) is 12.8. The third kappa shape index (κ3) is 5.43. The maximum Gasteiger partial charge on any atom is 0.171 e. The molecule has 0 radical (unpaired) electrons. The number of benzene rings is 2. The normalized spacial score (nSPS) is 12.0. The summed E-state index contributed by atoms with van der Waals surface area (Å²) in [5, 5.41) is 7.33. The highest BCUT2D eigenvalue weighted by atomic mass is 79.9. The van der Waals surface area contributed by atoms with Crippen LogP contribution in [0.5, 0.6) is 0 Å². The molecule has 1 atom stereocenters. The minimum atomic E-state index is 0.216. The fourth-order valence-corrected chi connectivity index (χ4v) is 2.99. The van der Waals surface area contributed by atoms with Gasteiger partial charge in [0.2, 0.25) is 0 Å². The van der Waals surface area contributed by atoms with E-state index in [4.69, 9.17) is 12.2 Å². The molecule has 0 aliphatic carbocycles. The second-order valence-corrected chi connectivity index (χ2v) is 7.03. The molecule has 0 aliphatic rings. The van der Waals surface area contributed by atoms with Crippen molar-refractivity contribution >= 4 is 38.9 Å². The van der Waals surface area contributed by atoms with E-state index in [1.807, 2.05) is 30.3 Å². The van der Waals surface area contributed by atoms with Gasteiger partial charge in [-0.15, -0.1) is 0 Å². The Labute approximate surface area is 146 Å². The Bertz CT molecular complexity index is 613. The molecule has 0 spiro atoms. The van der Waals surface area contributed by atoms with Crippen molar-refractivity contribution in [3.63, 3.8) is 0 Å². The van der Waals surface area contributed by atoms with Crippen LogP contribution in [0.15, 0.2) is 59.1 Å². The fraction of sp³-hybridized carbons (Fsp3) is 0.278. The minimum absolute atomic E-state index is 0.216. The Morgan fingerprint density at radius 1 is 1.09 bits per heavy atom. The Hall–Kier alpha value is -1.39. The number of hydrogen-bond acceptors (Lipinski definition) is 1. The van der Waals surface area contributed by atoms with Crippen molar-refractivity contribution in [1.29, 1.82) is 0 Å². The second-order valence-electron chi connectivity index (χ2n) is 5.70. The Morgan fingerprint density at radius 3 is 2.45 bits per heavy atom. The van der Waals surface area contributed by atoms with Gasteiger partial charge in [-0.3, -0.25) is 0 Å². The van der Waals surface area contributed by atoms with Gasteiger partial charge in [0.1, 0.15) is 0 Å². The van der Waals surface area contributed by atoms with Crippen LogP contribution in [-0.2, 0) is 0 Å². The molecule has 0 heterocycles. The largest absolute Gasteiger partial charge is 0.356 e. The molecule has 2 N–H and O–H groups in total. The van der Waals surface area contributed by atoms with E-state index in [0.29, 0.717) is 11.0 Å². The molecule has 2 nitrogen and oxygen atoms in total. The molecule has 0 unspecified atom stereocenters. The van der Waals surface area contributed by atoms with Crippen LogP contribution in [0.4, 0.5) is 5.69 Å². The maximum atomic E-state index is 5.47. The molecule has 0 amide bonds. The first-order valence-corrected chi connectivity index (χ1v) is 8.62. The highest BCUT2D eigenvalue weighted by Gasteiger charge is 2.14. The highest BCUT2D eigenvalue weighted by molar-refractivity contribution is 9.10. The number of halogens is 1. The first kappa shape index (κ1) is 17.0. The molecule has 22 heavy (non-hydrogen) atoms. The summed E-state index contributed by atoms with van der Waals surface area (Å²) in [4.78, 5) is 0. The Morgan fingerprint density at radius 2 is 1.82 bits per heavy atom. The third-order valence-electron chi connectivity index (χ3n) is 3.30. The highest BCUT2D eigenvalue weighted by Crippen LogP contribution is 2.22. The zero-order valence-corrected chi connectivity index (χ0v) is 15.2. The quantitative estimate of drug-likeness (QED) is 0.671. The molecule has 2 aromatic carbocycles. The average Bonchev–Trinajstić information content (AvgIpc) is 2.47. The predicted molar refractivity (Wildman–Crippen MR) is 102 cm³/mol. The van der Waals surface area contributed by atoms with E-state index in [0.717, 1.165) is 16.6 Å². The van der Waals surface area contributed by atoms with Gasteiger partial charge in [0.25, 0.3) is 0 Å². The van der Waals surface area contributed by atoms with Crippen molar-refractivity contribution in [2.75, 3.05) is 5.32 Å². The first-order valence-electron chi connectivity index (χ1n) is 7.42. The lowest BCUT2D eigenvalue weighted by atomic mass is 9.97. The molecular formula is C18H21BrN2S. The summed E-state index contributed by atoms with van der Waals surface area (Å²) in [6, 6.07) is 18.6. The lowest BCUT2D eigenvalue weighted by molar-refractivity contribution is 0.481. The molecular weight excluding hydrogens is 356 g/mol. The molecule has 2 aromatic rings. The first-order chi connectivity index (χ1) is 10.5. The van der Waals surface area contributed by atoms with E-state index in [-0.39, 0.29) is 6.04 Å². The van der Waals surface area contributed by atoms with Gasteiger partial charge in [-0.1, -0.05) is 66.2 Å². The SMILES string of the molecule is CC(C)C[C@@H](NC(=S)Nc1cccc(Br)c1)c1ccccc1. The van der Waals surface area contributed by atoms with Gasteiger partial charge in [0, 0.05) is 10.2 Å². The van der Waals surface area contributed by atoms with Gasteiger partial charge in [-0.25, -0.2) is 0 Å². The lowest BCUT2D eigenvalue weighted by Gasteiger charge is -2.23. The van der Waals surface area contributed by atoms with Crippen LogP contribution in [-0.4, -0.2) is 5.11 Å². The van der Waals surface area contributed by atoms with Gasteiger partial charge >= 0.3 is 0 Å². The van der Waals surface area contributed by atoms with Gasteiger partial charge in [0.15, 0.2) is 5.11 Å². The molecule has 4 heteroatoms. The summed E-state index contributed by atoms with van der Waals surface area (Å²) in [6.07, 6.45) is 1.03. The maximum absolute atomic E-state index is 5.47. The van der Waals surface area contributed by atoms with Crippen molar-refractivity contribution in [3.8, 4) is 0 Å². The Kier molecular flexibility index (Phi) is 6.40. The van der Waals surface area contributed by atoms with Gasteiger partial charge in [-0.2, -0.15) is 0 Å². The van der Waals surface area contributed by atoms with Crippen LogP contribution in [0.3, 0.4) is 0 Å². The van der Waals surface area contributed by atoms with Gasteiger partial charge in [0.05, 0.1) is 6.04 Å². The number of hydrogen-bond donors (Lipinski definition) is 2. The van der Waals surface area contributed by atoms with E-state index in [1.54, 1.807) is 0 Å². The summed E-state index contributed by atoms with van der Waals surface area (Å²) in [5.74, 6) is 0.589. The van der Waals surface area contributed by atoms with E-state index in [1.165, 1.54) is 5.56 Å². The van der Waals surface area contributed by atoms with Crippen molar-refractivity contribution in [3.05, 3.63) is 64.6 Å². The molecule has 0 fully saturated rings. The van der Waals surface area contributed by atoms with Gasteiger partial charge in [-0.05, 0) is 48.3 Å². The zero-order chi connectivity index (χ0) is 15.9. The van der Waals surface area contributed by atoms with Crippen LogP contribution < -0.4 is 10.6 Å². The van der Waals surface area contributed by atoms with Crippen molar-refractivity contribution in [1.82, 2.24) is 5.32 Å². The third-order valence-corrected chi connectivity index (χ3v) is 4.01. The van der Waals surface area contributed by atoms with E-state index >= 15 is 0 Å². The molecule has 0 aromatic heterocycles. The van der Waals surface area contributed by atoms with Crippen molar-refractivity contribution in [2.24, 2.45) is 5.92 Å². The van der Waals surface area contributed by atoms with Crippen molar-refractivity contribution in [2.45, 2.75) is 26.3 Å². The number of thiocarbonyl (C=S) groups is 1. The van der Waals surface area contributed by atoms with Crippen molar-refractivity contribution < 1.29 is 0 Å². The molecule has 0 aliphatic heterocycles. The standard InChI is InChI=1S/C18H21BrN2S/c1-13(2)11-17(14-7-4-3-5-8-14)21-18(22)20-16-10-6-9-15(19)12-16/h3-10,12-13,17H,11H2,1-2H3,(H2,20,21,22)/t17-/m1/s1. The van der Waals surface area contributed by atoms with E-state index < -0.39 is 0 Å². The monoisotopic (exact) mass is 376 g/mol. The van der Waals surface area contributed by atoms with Crippen LogP contribution >= 0.6 is 28.1 Å². The molecule has 2 rings (SSSR count). The predicted octanol–water partition coefficient (Wildman–Crippen LogP) is 5.52. The molecule has 116 valence electrons. The second kappa shape index (κ2) is 8.30. The smallest absolute Gasteiger partial charge is 0.171 e. The Balaban J connectivity index is 2.05. The van der Waals surface area contributed by atoms with Crippen LogP contribution in [0.25, 0.3) is 0 Å². The average molecular weight is 377 g/mol. The topological polar surface area (TPSA) is 24.1 Å². The van der Waals surface area contributed by atoms with E-state index in [9.17, 15) is 0 Å². The lowest BCUT2D eigenvalue weighted by Crippen LogP contribution is -2.33. The fourth-order valence-electron chi connectivity index (χ4n) is 2.33. The summed E-state index contributed by atoms with van der Waals surface area (Å²) in [5.41, 5.74) is 2.23. The van der Waals surface area contributed by atoms with Crippen LogP contribution in [0.1, 0.15) is 31.9 Å².